The molecule has 2 aliphatic rings. The van der Waals surface area contributed by atoms with E-state index in [1.807, 2.05) is 0 Å². The Morgan fingerprint density at radius 1 is 1.06 bits per heavy atom. The van der Waals surface area contributed by atoms with E-state index in [2.05, 4.69) is 11.8 Å². The van der Waals surface area contributed by atoms with Crippen LogP contribution in [-0.4, -0.2) is 30.1 Å². The summed E-state index contributed by atoms with van der Waals surface area (Å²) in [6.07, 6.45) is 12.7. The van der Waals surface area contributed by atoms with E-state index in [1.54, 1.807) is 0 Å². The molecule has 0 amide bonds. The van der Waals surface area contributed by atoms with E-state index >= 15 is 0 Å². The van der Waals surface area contributed by atoms with Gasteiger partial charge in [0.1, 0.15) is 0 Å². The van der Waals surface area contributed by atoms with Gasteiger partial charge in [-0.25, -0.2) is 0 Å². The summed E-state index contributed by atoms with van der Waals surface area (Å²) in [7, 11) is 0. The maximum atomic E-state index is 5.69. The SMILES string of the molecule is CCC1CCCC(N(CCCN)C2CCC2)C1. The second kappa shape index (κ2) is 6.75. The molecule has 2 unspecified atom stereocenters. The van der Waals surface area contributed by atoms with Gasteiger partial charge in [0.2, 0.25) is 0 Å². The van der Waals surface area contributed by atoms with Crippen molar-refractivity contribution in [3.63, 3.8) is 0 Å². The Labute approximate surface area is 107 Å². The van der Waals surface area contributed by atoms with Gasteiger partial charge in [0.25, 0.3) is 0 Å². The largest absolute Gasteiger partial charge is 0.330 e. The molecule has 0 spiro atoms. The molecule has 2 heteroatoms. The fourth-order valence-corrected chi connectivity index (χ4v) is 3.59. The molecule has 2 saturated carbocycles. The van der Waals surface area contributed by atoms with Gasteiger partial charge in [0.15, 0.2) is 0 Å². The van der Waals surface area contributed by atoms with Crippen LogP contribution in [0.25, 0.3) is 0 Å². The average molecular weight is 238 g/mol. The van der Waals surface area contributed by atoms with Gasteiger partial charge in [0.05, 0.1) is 0 Å². The fraction of sp³-hybridized carbons (Fsp3) is 1.00. The summed E-state index contributed by atoms with van der Waals surface area (Å²) < 4.78 is 0. The second-order valence-corrected chi connectivity index (χ2v) is 6.06. The highest BCUT2D eigenvalue weighted by atomic mass is 15.2. The van der Waals surface area contributed by atoms with Crippen molar-refractivity contribution in [1.82, 2.24) is 4.90 Å². The third-order valence-corrected chi connectivity index (χ3v) is 4.97. The monoisotopic (exact) mass is 238 g/mol. The third-order valence-electron chi connectivity index (χ3n) is 4.97. The first-order chi connectivity index (χ1) is 8.35. The molecule has 2 rings (SSSR count). The number of hydrogen-bond acceptors (Lipinski definition) is 2. The van der Waals surface area contributed by atoms with Crippen LogP contribution in [0.5, 0.6) is 0 Å². The van der Waals surface area contributed by atoms with Crippen molar-refractivity contribution >= 4 is 0 Å². The summed E-state index contributed by atoms with van der Waals surface area (Å²) in [6.45, 7) is 4.47. The molecule has 0 aromatic rings. The summed E-state index contributed by atoms with van der Waals surface area (Å²) in [4.78, 5) is 2.83. The van der Waals surface area contributed by atoms with Crippen molar-refractivity contribution in [1.29, 1.82) is 0 Å². The molecule has 0 bridgehead atoms. The second-order valence-electron chi connectivity index (χ2n) is 6.06. The van der Waals surface area contributed by atoms with E-state index in [-0.39, 0.29) is 0 Å². The minimum Gasteiger partial charge on any atom is -0.330 e. The smallest absolute Gasteiger partial charge is 0.0101 e. The zero-order valence-electron chi connectivity index (χ0n) is 11.5. The van der Waals surface area contributed by atoms with Crippen LogP contribution in [0.3, 0.4) is 0 Å². The van der Waals surface area contributed by atoms with Gasteiger partial charge in [-0.2, -0.15) is 0 Å². The van der Waals surface area contributed by atoms with Crippen LogP contribution in [0.1, 0.15) is 64.7 Å². The Morgan fingerprint density at radius 3 is 2.35 bits per heavy atom. The lowest BCUT2D eigenvalue weighted by molar-refractivity contribution is 0.0462. The highest BCUT2D eigenvalue weighted by Gasteiger charge is 2.32. The van der Waals surface area contributed by atoms with E-state index in [1.165, 1.54) is 64.3 Å². The number of nitrogens with two attached hydrogens (primary N) is 1. The number of rotatable bonds is 6. The molecule has 0 saturated heterocycles. The minimum atomic E-state index is 0.854. The Bertz CT molecular complexity index is 213. The van der Waals surface area contributed by atoms with E-state index in [0.717, 1.165) is 24.5 Å². The zero-order chi connectivity index (χ0) is 12.1. The van der Waals surface area contributed by atoms with Crippen molar-refractivity contribution < 1.29 is 0 Å². The standard InChI is InChI=1S/C15H30N2/c1-2-13-6-3-9-15(12-13)17(11-5-10-16)14-7-4-8-14/h13-15H,2-12,16H2,1H3. The topological polar surface area (TPSA) is 29.3 Å². The molecule has 2 N–H and O–H groups in total. The normalized spacial score (nSPS) is 30.5. The van der Waals surface area contributed by atoms with Gasteiger partial charge in [-0.15, -0.1) is 0 Å². The highest BCUT2D eigenvalue weighted by Crippen LogP contribution is 2.34. The van der Waals surface area contributed by atoms with Crippen molar-refractivity contribution in [2.24, 2.45) is 11.7 Å². The first kappa shape index (κ1) is 13.4. The Balaban J connectivity index is 1.88. The van der Waals surface area contributed by atoms with Gasteiger partial charge in [-0.05, 0) is 51.1 Å². The Kier molecular flexibility index (Phi) is 5.30. The van der Waals surface area contributed by atoms with Crippen molar-refractivity contribution in [3.8, 4) is 0 Å². The first-order valence-electron chi connectivity index (χ1n) is 7.81. The van der Waals surface area contributed by atoms with Crippen LogP contribution in [0.2, 0.25) is 0 Å². The molecule has 2 nitrogen and oxygen atoms in total. The van der Waals surface area contributed by atoms with E-state index < -0.39 is 0 Å². The maximum absolute atomic E-state index is 5.69. The molecule has 2 aliphatic carbocycles. The van der Waals surface area contributed by atoms with Gasteiger partial charge < -0.3 is 5.73 Å². The predicted molar refractivity (Wildman–Crippen MR) is 74.1 cm³/mol. The van der Waals surface area contributed by atoms with Gasteiger partial charge in [-0.1, -0.05) is 32.6 Å². The van der Waals surface area contributed by atoms with Gasteiger partial charge in [-0.3, -0.25) is 4.90 Å². The van der Waals surface area contributed by atoms with Crippen LogP contribution < -0.4 is 5.73 Å². The molecule has 2 fully saturated rings. The van der Waals surface area contributed by atoms with Crippen molar-refractivity contribution in [2.45, 2.75) is 76.8 Å². The van der Waals surface area contributed by atoms with Crippen LogP contribution in [-0.2, 0) is 0 Å². The molecule has 2 atom stereocenters. The first-order valence-corrected chi connectivity index (χ1v) is 7.81. The summed E-state index contributed by atoms with van der Waals surface area (Å²) >= 11 is 0. The molecule has 0 radical (unpaired) electrons. The van der Waals surface area contributed by atoms with E-state index in [0.29, 0.717) is 0 Å². The molecule has 0 aliphatic heterocycles. The lowest BCUT2D eigenvalue weighted by Crippen LogP contribution is -2.49. The number of nitrogens with zero attached hydrogens (tertiary/aromatic N) is 1. The molecular formula is C15H30N2. The van der Waals surface area contributed by atoms with Crippen LogP contribution >= 0.6 is 0 Å². The molecular weight excluding hydrogens is 208 g/mol. The summed E-state index contributed by atoms with van der Waals surface area (Å²) in [5.41, 5.74) is 5.69. The number of hydrogen-bond donors (Lipinski definition) is 1. The maximum Gasteiger partial charge on any atom is 0.0101 e. The highest BCUT2D eigenvalue weighted by molar-refractivity contribution is 4.88. The molecule has 17 heavy (non-hydrogen) atoms. The van der Waals surface area contributed by atoms with E-state index in [4.69, 9.17) is 5.73 Å². The van der Waals surface area contributed by atoms with Crippen LogP contribution in [0, 0.1) is 5.92 Å². The molecule has 0 aromatic carbocycles. The Hall–Kier alpha value is -0.0800. The summed E-state index contributed by atoms with van der Waals surface area (Å²) in [5.74, 6) is 0.995. The van der Waals surface area contributed by atoms with Crippen LogP contribution in [0.4, 0.5) is 0 Å². The quantitative estimate of drug-likeness (QED) is 0.770. The lowest BCUT2D eigenvalue weighted by atomic mass is 9.81. The average Bonchev–Trinajstić information content (AvgIpc) is 2.32. The van der Waals surface area contributed by atoms with Crippen molar-refractivity contribution in [3.05, 3.63) is 0 Å². The van der Waals surface area contributed by atoms with Gasteiger partial charge in [0, 0.05) is 12.1 Å². The fourth-order valence-electron chi connectivity index (χ4n) is 3.59. The molecule has 0 aromatic heterocycles. The molecule has 0 heterocycles. The van der Waals surface area contributed by atoms with Crippen LogP contribution in [0.15, 0.2) is 0 Å². The van der Waals surface area contributed by atoms with Gasteiger partial charge >= 0.3 is 0 Å². The summed E-state index contributed by atoms with van der Waals surface area (Å²) in [6, 6.07) is 1.78. The summed E-state index contributed by atoms with van der Waals surface area (Å²) in [5, 5.41) is 0. The van der Waals surface area contributed by atoms with Crippen molar-refractivity contribution in [2.75, 3.05) is 13.1 Å². The third kappa shape index (κ3) is 3.45. The lowest BCUT2D eigenvalue weighted by Gasteiger charge is -2.45. The zero-order valence-corrected chi connectivity index (χ0v) is 11.5. The molecule has 100 valence electrons. The van der Waals surface area contributed by atoms with E-state index in [9.17, 15) is 0 Å². The predicted octanol–water partition coefficient (Wildman–Crippen LogP) is 3.16. The minimum absolute atomic E-state index is 0.854. The Morgan fingerprint density at radius 2 is 1.76 bits per heavy atom.